The van der Waals surface area contributed by atoms with Crippen LogP contribution in [0.25, 0.3) is 11.4 Å². The molecule has 0 aliphatic heterocycles. The molecule has 0 spiro atoms. The van der Waals surface area contributed by atoms with Crippen LogP contribution in [0.4, 0.5) is 5.69 Å². The number of amides is 1. The largest absolute Gasteiger partial charge is 0.325 e. The quantitative estimate of drug-likeness (QED) is 0.687. The summed E-state index contributed by atoms with van der Waals surface area (Å²) in [7, 11) is 1.89. The summed E-state index contributed by atoms with van der Waals surface area (Å²) in [6, 6.07) is 7.72. The van der Waals surface area contributed by atoms with Crippen molar-refractivity contribution in [3.05, 3.63) is 42.2 Å². The first-order chi connectivity index (χ1) is 12.1. The third kappa shape index (κ3) is 4.08. The van der Waals surface area contributed by atoms with Gasteiger partial charge in [0.1, 0.15) is 0 Å². The SMILES string of the molecule is CCn1cc(-c2nnc(SCC(=O)Nc3ccc(C)cc3)n2C)cn1. The van der Waals surface area contributed by atoms with Crippen molar-refractivity contribution < 1.29 is 4.79 Å². The molecule has 0 aliphatic rings. The summed E-state index contributed by atoms with van der Waals surface area (Å²) in [5.74, 6) is 0.937. The van der Waals surface area contributed by atoms with Gasteiger partial charge in [0.25, 0.3) is 0 Å². The maximum absolute atomic E-state index is 12.1. The van der Waals surface area contributed by atoms with Gasteiger partial charge in [0, 0.05) is 25.5 Å². The standard InChI is InChI=1S/C17H20N6OS/c1-4-23-10-13(9-18-23)16-20-21-17(22(16)3)25-11-15(24)19-14-7-5-12(2)6-8-14/h5-10H,4,11H2,1-3H3,(H,19,24). The van der Waals surface area contributed by atoms with E-state index >= 15 is 0 Å². The van der Waals surface area contributed by atoms with Gasteiger partial charge in [-0.15, -0.1) is 10.2 Å². The first-order valence-electron chi connectivity index (χ1n) is 7.98. The Kier molecular flexibility index (Phi) is 5.18. The molecule has 0 unspecified atom stereocenters. The van der Waals surface area contributed by atoms with Gasteiger partial charge in [-0.1, -0.05) is 29.5 Å². The van der Waals surface area contributed by atoms with Gasteiger partial charge in [0.15, 0.2) is 11.0 Å². The monoisotopic (exact) mass is 356 g/mol. The molecule has 0 atom stereocenters. The summed E-state index contributed by atoms with van der Waals surface area (Å²) in [5.41, 5.74) is 2.86. The van der Waals surface area contributed by atoms with Crippen molar-refractivity contribution in [3.63, 3.8) is 0 Å². The molecule has 2 heterocycles. The van der Waals surface area contributed by atoms with Crippen molar-refractivity contribution in [1.82, 2.24) is 24.5 Å². The summed E-state index contributed by atoms with van der Waals surface area (Å²) in [6.07, 6.45) is 3.70. The van der Waals surface area contributed by atoms with Gasteiger partial charge in [0.05, 0.1) is 17.5 Å². The molecule has 25 heavy (non-hydrogen) atoms. The van der Waals surface area contributed by atoms with Gasteiger partial charge in [-0.25, -0.2) is 0 Å². The van der Waals surface area contributed by atoms with Gasteiger partial charge in [-0.3, -0.25) is 9.48 Å². The average molecular weight is 356 g/mol. The molecule has 8 heteroatoms. The Hall–Kier alpha value is -2.61. The van der Waals surface area contributed by atoms with Crippen LogP contribution >= 0.6 is 11.8 Å². The third-order valence-electron chi connectivity index (χ3n) is 3.72. The molecule has 0 radical (unpaired) electrons. The van der Waals surface area contributed by atoms with E-state index in [9.17, 15) is 4.79 Å². The predicted molar refractivity (Wildman–Crippen MR) is 98.4 cm³/mol. The lowest BCUT2D eigenvalue weighted by Gasteiger charge is -2.05. The fourth-order valence-corrected chi connectivity index (χ4v) is 3.02. The number of carbonyl (C=O) groups is 1. The van der Waals surface area contributed by atoms with E-state index in [-0.39, 0.29) is 11.7 Å². The first-order valence-corrected chi connectivity index (χ1v) is 8.97. The Labute approximate surface area is 150 Å². The van der Waals surface area contributed by atoms with E-state index in [0.29, 0.717) is 5.16 Å². The van der Waals surface area contributed by atoms with Crippen molar-refractivity contribution in [2.24, 2.45) is 7.05 Å². The minimum absolute atomic E-state index is 0.0720. The second kappa shape index (κ2) is 7.52. The Balaban J connectivity index is 1.61. The van der Waals surface area contributed by atoms with Crippen LogP contribution < -0.4 is 5.32 Å². The lowest BCUT2D eigenvalue weighted by Crippen LogP contribution is -2.14. The molecule has 0 saturated carbocycles. The second-order valence-corrected chi connectivity index (χ2v) is 6.60. The van der Waals surface area contributed by atoms with Crippen LogP contribution in [-0.2, 0) is 18.4 Å². The molecule has 1 aromatic carbocycles. The highest BCUT2D eigenvalue weighted by atomic mass is 32.2. The molecule has 1 N–H and O–H groups in total. The molecule has 130 valence electrons. The van der Waals surface area contributed by atoms with Crippen LogP contribution in [0.1, 0.15) is 12.5 Å². The number of hydrogen-bond acceptors (Lipinski definition) is 5. The average Bonchev–Trinajstić information content (AvgIpc) is 3.21. The van der Waals surface area contributed by atoms with Gasteiger partial charge < -0.3 is 9.88 Å². The van der Waals surface area contributed by atoms with E-state index in [2.05, 4.69) is 20.6 Å². The summed E-state index contributed by atoms with van der Waals surface area (Å²) < 4.78 is 3.71. The number of rotatable bonds is 6. The van der Waals surface area contributed by atoms with Crippen LogP contribution in [0.15, 0.2) is 41.8 Å². The highest BCUT2D eigenvalue weighted by Gasteiger charge is 2.14. The Morgan fingerprint density at radius 2 is 2.00 bits per heavy atom. The molecular weight excluding hydrogens is 336 g/mol. The van der Waals surface area contributed by atoms with Crippen LogP contribution in [0, 0.1) is 6.92 Å². The van der Waals surface area contributed by atoms with E-state index in [1.807, 2.05) is 60.6 Å². The maximum atomic E-state index is 12.1. The summed E-state index contributed by atoms with van der Waals surface area (Å²) in [6.45, 7) is 4.84. The fourth-order valence-electron chi connectivity index (χ4n) is 2.31. The van der Waals surface area contributed by atoms with E-state index in [1.54, 1.807) is 6.20 Å². The van der Waals surface area contributed by atoms with Crippen LogP contribution in [0.2, 0.25) is 0 Å². The van der Waals surface area contributed by atoms with E-state index in [1.165, 1.54) is 11.8 Å². The predicted octanol–water partition coefficient (Wildman–Crippen LogP) is 2.74. The molecule has 2 aromatic heterocycles. The fraction of sp³-hybridized carbons (Fsp3) is 0.294. The molecule has 0 saturated heterocycles. The summed E-state index contributed by atoms with van der Waals surface area (Å²) in [5, 5.41) is 16.2. The number of anilines is 1. The van der Waals surface area contributed by atoms with Gasteiger partial charge >= 0.3 is 0 Å². The summed E-state index contributed by atoms with van der Waals surface area (Å²) in [4.78, 5) is 12.1. The van der Waals surface area contributed by atoms with Crippen molar-refractivity contribution in [2.45, 2.75) is 25.5 Å². The van der Waals surface area contributed by atoms with Crippen molar-refractivity contribution >= 4 is 23.4 Å². The van der Waals surface area contributed by atoms with Crippen LogP contribution in [-0.4, -0.2) is 36.2 Å². The van der Waals surface area contributed by atoms with E-state index in [4.69, 9.17) is 0 Å². The highest BCUT2D eigenvalue weighted by Crippen LogP contribution is 2.22. The third-order valence-corrected chi connectivity index (χ3v) is 4.74. The molecule has 1 amide bonds. The Morgan fingerprint density at radius 3 is 2.68 bits per heavy atom. The topological polar surface area (TPSA) is 77.6 Å². The number of aryl methyl sites for hydroxylation is 2. The van der Waals surface area contributed by atoms with Crippen LogP contribution in [0.3, 0.4) is 0 Å². The van der Waals surface area contributed by atoms with Crippen LogP contribution in [0.5, 0.6) is 0 Å². The van der Waals surface area contributed by atoms with E-state index < -0.39 is 0 Å². The van der Waals surface area contributed by atoms with Gasteiger partial charge in [0.2, 0.25) is 5.91 Å². The Bertz CT molecular complexity index is 868. The molecule has 0 fully saturated rings. The lowest BCUT2D eigenvalue weighted by atomic mass is 10.2. The molecule has 3 aromatic rings. The smallest absolute Gasteiger partial charge is 0.234 e. The minimum Gasteiger partial charge on any atom is -0.325 e. The zero-order valence-corrected chi connectivity index (χ0v) is 15.2. The minimum atomic E-state index is -0.0720. The molecule has 0 aliphatic carbocycles. The van der Waals surface area contributed by atoms with Crippen molar-refractivity contribution in [3.8, 4) is 11.4 Å². The van der Waals surface area contributed by atoms with Gasteiger partial charge in [-0.2, -0.15) is 5.10 Å². The molecular formula is C17H20N6OS. The molecule has 0 bridgehead atoms. The van der Waals surface area contributed by atoms with Crippen molar-refractivity contribution in [2.75, 3.05) is 11.1 Å². The van der Waals surface area contributed by atoms with Crippen molar-refractivity contribution in [1.29, 1.82) is 0 Å². The van der Waals surface area contributed by atoms with E-state index in [0.717, 1.165) is 29.2 Å². The molecule has 7 nitrogen and oxygen atoms in total. The normalized spacial score (nSPS) is 10.8. The first kappa shape index (κ1) is 17.2. The number of hydrogen-bond donors (Lipinski definition) is 1. The number of nitrogens with zero attached hydrogens (tertiary/aromatic N) is 5. The number of benzene rings is 1. The number of thioether (sulfide) groups is 1. The second-order valence-electron chi connectivity index (χ2n) is 5.65. The number of aromatic nitrogens is 5. The Morgan fingerprint density at radius 1 is 1.24 bits per heavy atom. The zero-order valence-electron chi connectivity index (χ0n) is 14.4. The highest BCUT2D eigenvalue weighted by molar-refractivity contribution is 7.99. The number of nitrogens with one attached hydrogen (secondary N) is 1. The molecule has 3 rings (SSSR count). The maximum Gasteiger partial charge on any atom is 0.234 e. The van der Waals surface area contributed by atoms with Gasteiger partial charge in [-0.05, 0) is 26.0 Å². The number of carbonyl (C=O) groups excluding carboxylic acids is 1. The lowest BCUT2D eigenvalue weighted by molar-refractivity contribution is -0.113. The zero-order chi connectivity index (χ0) is 17.8. The summed E-state index contributed by atoms with van der Waals surface area (Å²) >= 11 is 1.36.